The first kappa shape index (κ1) is 16.2. The minimum Gasteiger partial charge on any atom is -0.310 e. The second-order valence-corrected chi connectivity index (χ2v) is 5.48. The van der Waals surface area contributed by atoms with Crippen molar-refractivity contribution in [3.8, 4) is 0 Å². The van der Waals surface area contributed by atoms with Crippen LogP contribution in [0.15, 0.2) is 36.4 Å². The van der Waals surface area contributed by atoms with Crippen molar-refractivity contribution in [2.45, 2.75) is 19.4 Å². The van der Waals surface area contributed by atoms with Gasteiger partial charge in [0.2, 0.25) is 0 Å². The molecule has 1 N–H and O–H groups in total. The molecule has 2 rings (SSSR count). The summed E-state index contributed by atoms with van der Waals surface area (Å²) in [6, 6.07) is 8.52. The maximum atomic E-state index is 13.8. The van der Waals surface area contributed by atoms with E-state index in [1.165, 1.54) is 6.07 Å². The maximum Gasteiger partial charge on any atom is 0.126 e. The van der Waals surface area contributed by atoms with E-state index in [1.807, 2.05) is 13.0 Å². The van der Waals surface area contributed by atoms with Crippen LogP contribution in [0.2, 0.25) is 10.0 Å². The molecule has 21 heavy (non-hydrogen) atoms. The van der Waals surface area contributed by atoms with Crippen LogP contribution in [0.25, 0.3) is 0 Å². The first-order valence-electron chi connectivity index (χ1n) is 6.64. The Balaban J connectivity index is 2.35. The van der Waals surface area contributed by atoms with E-state index in [1.54, 1.807) is 12.1 Å². The third-order valence-corrected chi connectivity index (χ3v) is 4.07. The Kier molecular flexibility index (Phi) is 5.57. The van der Waals surface area contributed by atoms with E-state index in [2.05, 4.69) is 5.32 Å². The van der Waals surface area contributed by atoms with Crippen molar-refractivity contribution < 1.29 is 8.78 Å². The summed E-state index contributed by atoms with van der Waals surface area (Å²) in [4.78, 5) is 0. The predicted octanol–water partition coefficient (Wildman–Crippen LogP) is 5.16. The monoisotopic (exact) mass is 329 g/mol. The fourth-order valence-electron chi connectivity index (χ4n) is 2.25. The van der Waals surface area contributed by atoms with Gasteiger partial charge < -0.3 is 5.32 Å². The molecule has 0 aliphatic rings. The number of halogens is 4. The van der Waals surface area contributed by atoms with E-state index in [0.717, 1.165) is 17.7 Å². The van der Waals surface area contributed by atoms with Crippen LogP contribution in [0.1, 0.15) is 24.1 Å². The first-order valence-corrected chi connectivity index (χ1v) is 7.39. The van der Waals surface area contributed by atoms with Crippen molar-refractivity contribution in [3.63, 3.8) is 0 Å². The van der Waals surface area contributed by atoms with Crippen LogP contribution in [-0.4, -0.2) is 6.54 Å². The van der Waals surface area contributed by atoms with E-state index in [4.69, 9.17) is 23.2 Å². The molecule has 1 nitrogen and oxygen atoms in total. The molecule has 0 aliphatic carbocycles. The normalized spacial score (nSPS) is 12.4. The Morgan fingerprint density at radius 3 is 2.62 bits per heavy atom. The second-order valence-electron chi connectivity index (χ2n) is 4.69. The third-order valence-electron chi connectivity index (χ3n) is 3.24. The summed E-state index contributed by atoms with van der Waals surface area (Å²) in [5.41, 5.74) is 1.08. The predicted molar refractivity (Wildman–Crippen MR) is 82.9 cm³/mol. The molecular weight excluding hydrogens is 315 g/mol. The molecule has 0 fully saturated rings. The molecule has 0 aliphatic heterocycles. The van der Waals surface area contributed by atoms with Crippen LogP contribution in [0, 0.1) is 11.6 Å². The van der Waals surface area contributed by atoms with E-state index < -0.39 is 11.6 Å². The molecule has 1 unspecified atom stereocenters. The minimum absolute atomic E-state index is 0.238. The summed E-state index contributed by atoms with van der Waals surface area (Å²) >= 11 is 12.2. The van der Waals surface area contributed by atoms with Crippen molar-refractivity contribution >= 4 is 23.2 Å². The van der Waals surface area contributed by atoms with Crippen molar-refractivity contribution in [3.05, 3.63) is 69.2 Å². The van der Waals surface area contributed by atoms with Gasteiger partial charge in [-0.1, -0.05) is 42.3 Å². The zero-order chi connectivity index (χ0) is 15.4. The number of benzene rings is 2. The Morgan fingerprint density at radius 2 is 1.90 bits per heavy atom. The van der Waals surface area contributed by atoms with Gasteiger partial charge in [-0.15, -0.1) is 0 Å². The number of nitrogens with one attached hydrogen (secondary N) is 1. The first-order chi connectivity index (χ1) is 10.0. The van der Waals surface area contributed by atoms with Crippen LogP contribution < -0.4 is 5.32 Å². The fraction of sp³-hybridized carbons (Fsp3) is 0.250. The summed E-state index contributed by atoms with van der Waals surface area (Å²) in [5, 5.41) is 4.10. The largest absolute Gasteiger partial charge is 0.310 e. The zero-order valence-electron chi connectivity index (χ0n) is 11.5. The molecule has 0 heterocycles. The van der Waals surface area contributed by atoms with Crippen LogP contribution in [0.5, 0.6) is 0 Å². The van der Waals surface area contributed by atoms with E-state index in [-0.39, 0.29) is 12.5 Å². The van der Waals surface area contributed by atoms with Gasteiger partial charge in [-0.2, -0.15) is 0 Å². The topological polar surface area (TPSA) is 12.0 Å². The van der Waals surface area contributed by atoms with Crippen molar-refractivity contribution in [1.82, 2.24) is 5.32 Å². The van der Waals surface area contributed by atoms with E-state index in [9.17, 15) is 8.78 Å². The van der Waals surface area contributed by atoms with Crippen molar-refractivity contribution in [2.75, 3.05) is 6.54 Å². The Morgan fingerprint density at radius 1 is 1.14 bits per heavy atom. The van der Waals surface area contributed by atoms with Gasteiger partial charge in [0, 0.05) is 6.04 Å². The standard InChI is InChI=1S/C16H15Cl2F2N/c1-2-21-15(12-4-3-5-13(17)16(12)18)9-10-8-11(19)6-7-14(10)20/h3-8,15,21H,2,9H2,1H3. The van der Waals surface area contributed by atoms with Crippen LogP contribution in [0.3, 0.4) is 0 Å². The molecule has 112 valence electrons. The lowest BCUT2D eigenvalue weighted by molar-refractivity contribution is 0.522. The molecule has 0 aromatic heterocycles. The SMILES string of the molecule is CCNC(Cc1cc(F)ccc1F)c1cccc(Cl)c1Cl. The van der Waals surface area contributed by atoms with Gasteiger partial charge in [-0.3, -0.25) is 0 Å². The van der Waals surface area contributed by atoms with Gasteiger partial charge in [0.25, 0.3) is 0 Å². The van der Waals surface area contributed by atoms with Gasteiger partial charge in [0.1, 0.15) is 11.6 Å². The second kappa shape index (κ2) is 7.21. The van der Waals surface area contributed by atoms with Crippen molar-refractivity contribution in [2.24, 2.45) is 0 Å². The average Bonchev–Trinajstić information content (AvgIpc) is 2.45. The van der Waals surface area contributed by atoms with Gasteiger partial charge >= 0.3 is 0 Å². The molecule has 0 bridgehead atoms. The molecule has 0 saturated carbocycles. The fourth-order valence-corrected chi connectivity index (χ4v) is 2.69. The third kappa shape index (κ3) is 3.94. The molecule has 0 radical (unpaired) electrons. The van der Waals surface area contributed by atoms with Crippen LogP contribution >= 0.6 is 23.2 Å². The van der Waals surface area contributed by atoms with Crippen LogP contribution in [0.4, 0.5) is 8.78 Å². The van der Waals surface area contributed by atoms with Gasteiger partial charge in [-0.05, 0) is 48.4 Å². The molecule has 0 saturated heterocycles. The number of hydrogen-bond acceptors (Lipinski definition) is 1. The van der Waals surface area contributed by atoms with Crippen molar-refractivity contribution in [1.29, 1.82) is 0 Å². The van der Waals surface area contributed by atoms with Gasteiger partial charge in [-0.25, -0.2) is 8.78 Å². The molecule has 0 amide bonds. The summed E-state index contributed by atoms with van der Waals surface area (Å²) in [6.45, 7) is 2.61. The molecule has 2 aromatic rings. The Hall–Kier alpha value is -1.16. The number of hydrogen-bond donors (Lipinski definition) is 1. The highest BCUT2D eigenvalue weighted by atomic mass is 35.5. The smallest absolute Gasteiger partial charge is 0.126 e. The Bertz CT molecular complexity index is 632. The molecule has 5 heteroatoms. The maximum absolute atomic E-state index is 13.8. The zero-order valence-corrected chi connectivity index (χ0v) is 13.0. The summed E-state index contributed by atoms with van der Waals surface area (Å²) in [5.74, 6) is -0.892. The lowest BCUT2D eigenvalue weighted by Gasteiger charge is -2.20. The minimum atomic E-state index is -0.459. The van der Waals surface area contributed by atoms with E-state index in [0.29, 0.717) is 22.2 Å². The Labute approximate surface area is 132 Å². The highest BCUT2D eigenvalue weighted by molar-refractivity contribution is 6.42. The highest BCUT2D eigenvalue weighted by Crippen LogP contribution is 2.32. The molecule has 1 atom stereocenters. The molecule has 2 aromatic carbocycles. The molecular formula is C16H15Cl2F2N. The molecule has 0 spiro atoms. The van der Waals surface area contributed by atoms with Crippen LogP contribution in [-0.2, 0) is 6.42 Å². The summed E-state index contributed by atoms with van der Waals surface area (Å²) in [7, 11) is 0. The quantitative estimate of drug-likeness (QED) is 0.798. The lowest BCUT2D eigenvalue weighted by Crippen LogP contribution is -2.23. The number of rotatable bonds is 5. The van der Waals surface area contributed by atoms with Gasteiger partial charge in [0.15, 0.2) is 0 Å². The highest BCUT2D eigenvalue weighted by Gasteiger charge is 2.18. The summed E-state index contributed by atoms with van der Waals surface area (Å²) < 4.78 is 27.1. The average molecular weight is 330 g/mol. The van der Waals surface area contributed by atoms with Gasteiger partial charge in [0.05, 0.1) is 10.0 Å². The van der Waals surface area contributed by atoms with E-state index >= 15 is 0 Å². The summed E-state index contributed by atoms with van der Waals surface area (Å²) in [6.07, 6.45) is 0.289. The number of likely N-dealkylation sites (N-methyl/N-ethyl adjacent to an activating group) is 1. The lowest BCUT2D eigenvalue weighted by atomic mass is 9.98.